The van der Waals surface area contributed by atoms with Crippen LogP contribution in [0.1, 0.15) is 0 Å². The minimum absolute atomic E-state index is 0.138. The van der Waals surface area contributed by atoms with Gasteiger partial charge in [-0.05, 0) is 36.4 Å². The van der Waals surface area contributed by atoms with Crippen molar-refractivity contribution in [1.29, 1.82) is 0 Å². The molecule has 0 atom stereocenters. The lowest BCUT2D eigenvalue weighted by molar-refractivity contribution is 0.408. The summed E-state index contributed by atoms with van der Waals surface area (Å²) in [6.07, 6.45) is 3.57. The standard InChI is InChI=1S/C17H16N2O3/c1-21-13-5-3-12(4-6-13)19-10-16(18-11-19)15-8-7-14(22-2)9-17(15)20/h3-11,20H,1-2H3. The molecule has 5 heteroatoms. The third-order valence-corrected chi connectivity index (χ3v) is 3.43. The largest absolute Gasteiger partial charge is 0.507 e. The number of phenolic OH excluding ortho intramolecular Hbond substituents is 1. The summed E-state index contributed by atoms with van der Waals surface area (Å²) in [5, 5.41) is 10.1. The molecule has 0 fully saturated rings. The number of phenols is 1. The van der Waals surface area contributed by atoms with Crippen molar-refractivity contribution in [2.45, 2.75) is 0 Å². The van der Waals surface area contributed by atoms with E-state index < -0.39 is 0 Å². The van der Waals surface area contributed by atoms with Crippen LogP contribution in [-0.2, 0) is 0 Å². The SMILES string of the molecule is COc1ccc(-n2cnc(-c3ccc(OC)cc3O)c2)cc1. The summed E-state index contributed by atoms with van der Waals surface area (Å²) in [6, 6.07) is 12.8. The molecule has 3 rings (SSSR count). The zero-order valence-corrected chi connectivity index (χ0v) is 12.4. The number of hydrogen-bond acceptors (Lipinski definition) is 4. The fourth-order valence-corrected chi connectivity index (χ4v) is 2.21. The summed E-state index contributed by atoms with van der Waals surface area (Å²) in [6.45, 7) is 0. The molecule has 0 unspecified atom stereocenters. The van der Waals surface area contributed by atoms with Crippen LogP contribution in [0, 0.1) is 0 Å². The van der Waals surface area contributed by atoms with Gasteiger partial charge < -0.3 is 19.1 Å². The highest BCUT2D eigenvalue weighted by atomic mass is 16.5. The van der Waals surface area contributed by atoms with E-state index in [1.807, 2.05) is 35.0 Å². The molecule has 0 radical (unpaired) electrons. The number of ether oxygens (including phenoxy) is 2. The van der Waals surface area contributed by atoms with Crippen LogP contribution in [0.4, 0.5) is 0 Å². The van der Waals surface area contributed by atoms with Gasteiger partial charge in [-0.2, -0.15) is 0 Å². The second kappa shape index (κ2) is 5.81. The number of methoxy groups -OCH3 is 2. The first-order chi connectivity index (χ1) is 10.7. The van der Waals surface area contributed by atoms with Crippen molar-refractivity contribution >= 4 is 0 Å². The van der Waals surface area contributed by atoms with E-state index >= 15 is 0 Å². The van der Waals surface area contributed by atoms with Crippen molar-refractivity contribution in [2.75, 3.05) is 14.2 Å². The lowest BCUT2D eigenvalue weighted by Gasteiger charge is -2.05. The summed E-state index contributed by atoms with van der Waals surface area (Å²) in [7, 11) is 3.20. The third kappa shape index (κ3) is 2.61. The second-order valence-corrected chi connectivity index (χ2v) is 4.75. The van der Waals surface area contributed by atoms with E-state index in [9.17, 15) is 5.11 Å². The van der Waals surface area contributed by atoms with Crippen LogP contribution >= 0.6 is 0 Å². The Balaban J connectivity index is 1.93. The predicted molar refractivity (Wildman–Crippen MR) is 83.8 cm³/mol. The first-order valence-electron chi connectivity index (χ1n) is 6.77. The minimum atomic E-state index is 0.138. The van der Waals surface area contributed by atoms with Crippen LogP contribution in [0.25, 0.3) is 16.9 Å². The molecule has 0 saturated heterocycles. The van der Waals surface area contributed by atoms with Crippen LogP contribution in [0.2, 0.25) is 0 Å². The monoisotopic (exact) mass is 296 g/mol. The smallest absolute Gasteiger partial charge is 0.128 e. The van der Waals surface area contributed by atoms with Gasteiger partial charge in [0.15, 0.2) is 0 Å². The molecule has 1 N–H and O–H groups in total. The molecule has 22 heavy (non-hydrogen) atoms. The molecule has 0 amide bonds. The molecule has 0 aliphatic carbocycles. The van der Waals surface area contributed by atoms with Crippen molar-refractivity contribution in [3.05, 3.63) is 55.0 Å². The van der Waals surface area contributed by atoms with Crippen LogP contribution in [0.5, 0.6) is 17.2 Å². The van der Waals surface area contributed by atoms with E-state index in [1.165, 1.54) is 0 Å². The molecule has 0 bridgehead atoms. The van der Waals surface area contributed by atoms with Crippen molar-refractivity contribution in [3.63, 3.8) is 0 Å². The van der Waals surface area contributed by atoms with Gasteiger partial charge in [-0.1, -0.05) is 0 Å². The molecule has 0 spiro atoms. The molecular weight excluding hydrogens is 280 g/mol. The highest BCUT2D eigenvalue weighted by Crippen LogP contribution is 2.31. The van der Waals surface area contributed by atoms with Gasteiger partial charge in [-0.15, -0.1) is 0 Å². The molecule has 3 aromatic rings. The van der Waals surface area contributed by atoms with Crippen molar-refractivity contribution in [3.8, 4) is 34.2 Å². The van der Waals surface area contributed by atoms with E-state index in [0.29, 0.717) is 17.0 Å². The number of rotatable bonds is 4. The number of aromatic hydroxyl groups is 1. The average molecular weight is 296 g/mol. The quantitative estimate of drug-likeness (QED) is 0.803. The number of benzene rings is 2. The summed E-state index contributed by atoms with van der Waals surface area (Å²) in [5.41, 5.74) is 2.32. The zero-order valence-electron chi connectivity index (χ0n) is 12.4. The van der Waals surface area contributed by atoms with Gasteiger partial charge in [0.25, 0.3) is 0 Å². The van der Waals surface area contributed by atoms with Gasteiger partial charge in [0.2, 0.25) is 0 Å². The van der Waals surface area contributed by atoms with E-state index in [4.69, 9.17) is 9.47 Å². The Kier molecular flexibility index (Phi) is 3.70. The van der Waals surface area contributed by atoms with Gasteiger partial charge in [0.1, 0.15) is 17.2 Å². The van der Waals surface area contributed by atoms with Gasteiger partial charge >= 0.3 is 0 Å². The molecule has 0 aliphatic rings. The fourth-order valence-electron chi connectivity index (χ4n) is 2.21. The predicted octanol–water partition coefficient (Wildman–Crippen LogP) is 3.26. The maximum atomic E-state index is 10.1. The van der Waals surface area contributed by atoms with Gasteiger partial charge in [-0.3, -0.25) is 0 Å². The molecule has 5 nitrogen and oxygen atoms in total. The third-order valence-electron chi connectivity index (χ3n) is 3.43. The minimum Gasteiger partial charge on any atom is -0.507 e. The maximum absolute atomic E-state index is 10.1. The van der Waals surface area contributed by atoms with Crippen molar-refractivity contribution in [1.82, 2.24) is 9.55 Å². The molecule has 1 heterocycles. The highest BCUT2D eigenvalue weighted by molar-refractivity contribution is 5.67. The van der Waals surface area contributed by atoms with Crippen LogP contribution in [0.3, 0.4) is 0 Å². The zero-order chi connectivity index (χ0) is 15.5. The van der Waals surface area contributed by atoms with Gasteiger partial charge in [0.05, 0.1) is 26.2 Å². The summed E-state index contributed by atoms with van der Waals surface area (Å²) < 4.78 is 12.1. The lowest BCUT2D eigenvalue weighted by Crippen LogP contribution is -1.90. The van der Waals surface area contributed by atoms with Gasteiger partial charge in [0, 0.05) is 23.5 Å². The molecular formula is C17H16N2O3. The van der Waals surface area contributed by atoms with Crippen LogP contribution in [0.15, 0.2) is 55.0 Å². The molecule has 1 aromatic heterocycles. The average Bonchev–Trinajstić information content (AvgIpc) is 3.04. The van der Waals surface area contributed by atoms with Crippen LogP contribution in [-0.4, -0.2) is 28.9 Å². The number of aromatic nitrogens is 2. The number of hydrogen-bond donors (Lipinski definition) is 1. The first kappa shape index (κ1) is 14.0. The molecule has 0 aliphatic heterocycles. The van der Waals surface area contributed by atoms with E-state index in [-0.39, 0.29) is 5.75 Å². The Morgan fingerprint density at radius 1 is 0.955 bits per heavy atom. The molecule has 2 aromatic carbocycles. The summed E-state index contributed by atoms with van der Waals surface area (Å²) in [5.74, 6) is 1.55. The molecule has 0 saturated carbocycles. The first-order valence-corrected chi connectivity index (χ1v) is 6.77. The summed E-state index contributed by atoms with van der Waals surface area (Å²) >= 11 is 0. The Morgan fingerprint density at radius 2 is 1.64 bits per heavy atom. The maximum Gasteiger partial charge on any atom is 0.128 e. The Morgan fingerprint density at radius 3 is 2.27 bits per heavy atom. The second-order valence-electron chi connectivity index (χ2n) is 4.75. The number of imidazole rings is 1. The van der Waals surface area contributed by atoms with E-state index in [2.05, 4.69) is 4.98 Å². The highest BCUT2D eigenvalue weighted by Gasteiger charge is 2.09. The fraction of sp³-hybridized carbons (Fsp3) is 0.118. The van der Waals surface area contributed by atoms with E-state index in [0.717, 1.165) is 11.4 Å². The lowest BCUT2D eigenvalue weighted by atomic mass is 10.1. The van der Waals surface area contributed by atoms with Crippen molar-refractivity contribution in [2.24, 2.45) is 0 Å². The summed E-state index contributed by atoms with van der Waals surface area (Å²) in [4.78, 5) is 4.35. The van der Waals surface area contributed by atoms with E-state index in [1.54, 1.807) is 38.7 Å². The molecule has 112 valence electrons. The topological polar surface area (TPSA) is 56.5 Å². The Hall–Kier alpha value is -2.95. The van der Waals surface area contributed by atoms with Gasteiger partial charge in [-0.25, -0.2) is 4.98 Å². The number of nitrogens with zero attached hydrogens (tertiary/aromatic N) is 2. The normalized spacial score (nSPS) is 10.5. The van der Waals surface area contributed by atoms with Crippen molar-refractivity contribution < 1.29 is 14.6 Å². The Bertz CT molecular complexity index is 779. The Labute approximate surface area is 128 Å². The van der Waals surface area contributed by atoms with Crippen LogP contribution < -0.4 is 9.47 Å².